The van der Waals surface area contributed by atoms with Gasteiger partial charge in [0.05, 0.1) is 11.9 Å². The van der Waals surface area contributed by atoms with E-state index in [9.17, 15) is 8.42 Å². The lowest BCUT2D eigenvalue weighted by atomic mass is 9.95. The fraction of sp³-hybridized carbons (Fsp3) is 1.00. The van der Waals surface area contributed by atoms with Crippen LogP contribution in [0.4, 0.5) is 0 Å². The van der Waals surface area contributed by atoms with E-state index >= 15 is 0 Å². The van der Waals surface area contributed by atoms with Crippen LogP contribution in [0.2, 0.25) is 0 Å². The summed E-state index contributed by atoms with van der Waals surface area (Å²) in [6, 6.07) is -0.0236. The molecule has 96 valence electrons. The van der Waals surface area contributed by atoms with Gasteiger partial charge in [0.25, 0.3) is 0 Å². The summed E-state index contributed by atoms with van der Waals surface area (Å²) in [4.78, 5) is 0. The van der Waals surface area contributed by atoms with Gasteiger partial charge in [-0.15, -0.1) is 0 Å². The summed E-state index contributed by atoms with van der Waals surface area (Å²) >= 11 is 0. The van der Waals surface area contributed by atoms with E-state index in [1.54, 1.807) is 6.92 Å². The normalized spacial score (nSPS) is 28.2. The molecule has 4 nitrogen and oxygen atoms in total. The van der Waals surface area contributed by atoms with Crippen LogP contribution in [0, 0.1) is 5.92 Å². The zero-order chi connectivity index (χ0) is 12.2. The molecule has 0 saturated carbocycles. The Balaban J connectivity index is 2.27. The number of rotatable bonds is 6. The zero-order valence-electron chi connectivity index (χ0n) is 10.2. The molecular formula is C11H23NO3S. The number of ether oxygens (including phenoxy) is 1. The molecule has 1 heterocycles. The molecule has 0 aromatic heterocycles. The first kappa shape index (κ1) is 13.9. The van der Waals surface area contributed by atoms with Crippen LogP contribution < -0.4 is 5.73 Å². The summed E-state index contributed by atoms with van der Waals surface area (Å²) in [5.74, 6) is 0.967. The van der Waals surface area contributed by atoms with Gasteiger partial charge in [0.2, 0.25) is 0 Å². The molecule has 1 saturated heterocycles. The average molecular weight is 249 g/mol. The van der Waals surface area contributed by atoms with Crippen LogP contribution in [0.5, 0.6) is 0 Å². The van der Waals surface area contributed by atoms with Crippen LogP contribution in [0.3, 0.4) is 0 Å². The minimum atomic E-state index is -2.85. The van der Waals surface area contributed by atoms with E-state index < -0.39 is 9.84 Å². The summed E-state index contributed by atoms with van der Waals surface area (Å²) in [6.07, 6.45) is 2.55. The Hall–Kier alpha value is -0.130. The van der Waals surface area contributed by atoms with Gasteiger partial charge in [-0.05, 0) is 25.2 Å². The van der Waals surface area contributed by atoms with E-state index in [-0.39, 0.29) is 23.7 Å². The molecule has 1 rings (SSSR count). The van der Waals surface area contributed by atoms with E-state index in [1.807, 2.05) is 0 Å². The van der Waals surface area contributed by atoms with E-state index in [4.69, 9.17) is 10.5 Å². The molecule has 5 heteroatoms. The zero-order valence-corrected chi connectivity index (χ0v) is 11.0. The van der Waals surface area contributed by atoms with Crippen molar-refractivity contribution in [2.45, 2.75) is 45.3 Å². The lowest BCUT2D eigenvalue weighted by Gasteiger charge is -2.22. The van der Waals surface area contributed by atoms with E-state index in [0.717, 1.165) is 19.4 Å². The maximum absolute atomic E-state index is 11.3. The fourth-order valence-corrected chi connectivity index (χ4v) is 3.01. The highest BCUT2D eigenvalue weighted by molar-refractivity contribution is 7.91. The molecule has 1 fully saturated rings. The van der Waals surface area contributed by atoms with Crippen molar-refractivity contribution in [3.8, 4) is 0 Å². The third-order valence-electron chi connectivity index (χ3n) is 3.30. The summed E-state index contributed by atoms with van der Waals surface area (Å²) < 4.78 is 28.2. The molecule has 3 unspecified atom stereocenters. The third-order valence-corrected chi connectivity index (χ3v) is 5.09. The van der Waals surface area contributed by atoms with Gasteiger partial charge in [0, 0.05) is 18.4 Å². The minimum Gasteiger partial charge on any atom is -0.376 e. The summed E-state index contributed by atoms with van der Waals surface area (Å²) in [5.41, 5.74) is 6.02. The van der Waals surface area contributed by atoms with Crippen molar-refractivity contribution in [2.24, 2.45) is 11.7 Å². The Morgan fingerprint density at radius 2 is 2.19 bits per heavy atom. The summed E-state index contributed by atoms with van der Waals surface area (Å²) in [5, 5.41) is 0. The van der Waals surface area contributed by atoms with Gasteiger partial charge in [-0.3, -0.25) is 0 Å². The Bertz CT molecular complexity index is 302. The van der Waals surface area contributed by atoms with Gasteiger partial charge in [-0.1, -0.05) is 13.8 Å². The fourth-order valence-electron chi connectivity index (χ4n) is 2.11. The summed E-state index contributed by atoms with van der Waals surface area (Å²) in [6.45, 7) is 4.60. The van der Waals surface area contributed by atoms with Crippen molar-refractivity contribution >= 4 is 9.84 Å². The lowest BCUT2D eigenvalue weighted by Crippen LogP contribution is -2.38. The van der Waals surface area contributed by atoms with Gasteiger partial charge >= 0.3 is 0 Å². The van der Waals surface area contributed by atoms with Crippen molar-refractivity contribution in [1.29, 1.82) is 0 Å². The standard InChI is InChI=1S/C11H23NO3S/c1-3-16(13,14)8-4-5-10(12)11-9(2)6-7-15-11/h9-11H,3-8,12H2,1-2H3. The van der Waals surface area contributed by atoms with Crippen molar-refractivity contribution in [1.82, 2.24) is 0 Å². The molecule has 2 N–H and O–H groups in total. The van der Waals surface area contributed by atoms with Crippen LogP contribution in [-0.4, -0.2) is 38.7 Å². The topological polar surface area (TPSA) is 69.4 Å². The predicted molar refractivity (Wildman–Crippen MR) is 65.1 cm³/mol. The van der Waals surface area contributed by atoms with Gasteiger partial charge in [0.15, 0.2) is 0 Å². The summed E-state index contributed by atoms with van der Waals surface area (Å²) in [7, 11) is -2.85. The number of hydrogen-bond acceptors (Lipinski definition) is 4. The smallest absolute Gasteiger partial charge is 0.150 e. The van der Waals surface area contributed by atoms with Crippen LogP contribution in [0.25, 0.3) is 0 Å². The first-order chi connectivity index (χ1) is 7.46. The largest absolute Gasteiger partial charge is 0.376 e. The second-order valence-electron chi connectivity index (χ2n) is 4.64. The van der Waals surface area contributed by atoms with Crippen LogP contribution >= 0.6 is 0 Å². The molecule has 0 aromatic carbocycles. The molecule has 1 aliphatic heterocycles. The predicted octanol–water partition coefficient (Wildman–Crippen LogP) is 0.954. The highest BCUT2D eigenvalue weighted by Crippen LogP contribution is 2.23. The molecule has 0 amide bonds. The molecule has 16 heavy (non-hydrogen) atoms. The first-order valence-corrected chi connectivity index (χ1v) is 7.86. The molecule has 0 bridgehead atoms. The Morgan fingerprint density at radius 3 is 2.69 bits per heavy atom. The second-order valence-corrected chi connectivity index (χ2v) is 7.12. The van der Waals surface area contributed by atoms with Gasteiger partial charge in [-0.2, -0.15) is 0 Å². The average Bonchev–Trinajstić information content (AvgIpc) is 2.64. The first-order valence-electron chi connectivity index (χ1n) is 6.04. The molecule has 0 aromatic rings. The van der Waals surface area contributed by atoms with Crippen molar-refractivity contribution in [3.63, 3.8) is 0 Å². The minimum absolute atomic E-state index is 0.0236. The van der Waals surface area contributed by atoms with E-state index in [2.05, 4.69) is 6.92 Å². The Morgan fingerprint density at radius 1 is 1.50 bits per heavy atom. The number of nitrogens with two attached hydrogens (primary N) is 1. The van der Waals surface area contributed by atoms with E-state index in [0.29, 0.717) is 12.3 Å². The Kier molecular flexibility index (Phi) is 5.21. The van der Waals surface area contributed by atoms with Gasteiger partial charge < -0.3 is 10.5 Å². The lowest BCUT2D eigenvalue weighted by molar-refractivity contribution is 0.0700. The molecular weight excluding hydrogens is 226 g/mol. The highest BCUT2D eigenvalue weighted by atomic mass is 32.2. The Labute approximate surface area is 98.5 Å². The number of hydrogen-bond donors (Lipinski definition) is 1. The SMILES string of the molecule is CCS(=O)(=O)CCCC(N)C1OCCC1C. The van der Waals surface area contributed by atoms with Gasteiger partial charge in [0.1, 0.15) is 9.84 Å². The molecule has 0 spiro atoms. The van der Waals surface area contributed by atoms with Crippen LogP contribution in [-0.2, 0) is 14.6 Å². The maximum Gasteiger partial charge on any atom is 0.150 e. The monoisotopic (exact) mass is 249 g/mol. The second kappa shape index (κ2) is 5.98. The molecule has 3 atom stereocenters. The molecule has 0 aliphatic carbocycles. The van der Waals surface area contributed by atoms with Gasteiger partial charge in [-0.25, -0.2) is 8.42 Å². The molecule has 1 aliphatic rings. The molecule has 0 radical (unpaired) electrons. The quantitative estimate of drug-likeness (QED) is 0.761. The van der Waals surface area contributed by atoms with Crippen molar-refractivity contribution in [3.05, 3.63) is 0 Å². The number of sulfone groups is 1. The van der Waals surface area contributed by atoms with Crippen LogP contribution in [0.15, 0.2) is 0 Å². The third kappa shape index (κ3) is 4.03. The van der Waals surface area contributed by atoms with Crippen molar-refractivity contribution in [2.75, 3.05) is 18.1 Å². The van der Waals surface area contributed by atoms with Crippen LogP contribution in [0.1, 0.15) is 33.1 Å². The van der Waals surface area contributed by atoms with Crippen molar-refractivity contribution < 1.29 is 13.2 Å². The van der Waals surface area contributed by atoms with E-state index in [1.165, 1.54) is 0 Å². The maximum atomic E-state index is 11.3. The highest BCUT2D eigenvalue weighted by Gasteiger charge is 2.29.